The fourth-order valence-electron chi connectivity index (χ4n) is 14.7. The predicted octanol–water partition coefficient (Wildman–Crippen LogP) is 5.85. The molecule has 0 radical (unpaired) electrons. The number of hydrogen-bond acceptors (Lipinski definition) is 25. The molecule has 8 unspecified atom stereocenters. The molecule has 5 aliphatic heterocycles. The standard InChI is InChI=1S/C80H92N6O24S/c1-42(2)70(76(98)85-28-13-19-61(85)63(90)33-43(3)73(95)82-45(5)62(89)20-14-29-102-31-32-103-30-27-81-68(91)40-104-39-66-44(4)71(93)72(94)78(101-8)109-66)84-74(96)60(83-79(100)105-38-56-53-17-11-9-15-51(53)52-16-10-12-18-54(52)56)41-111-67-37-69(92)86(75(67)97)48-21-24-57-55(34-48)77(99)110-80(57)58-25-22-49(106-46(6)87)35-64(58)108-65-36-50(107-47(7)88)23-26-59(65)80/h9-12,15-18,21-26,34-36,42-45,56,60-61,66-67,70-72,78,93-94H,13-14,19-20,27-33,37-41H2,1-8H3,(H,81,91)(H,82,95)(H,83,100)(H,84,96)/t43?,44-,45?,60?,61?,66?,67?,70?,71+,72?,78-/m1/s1. The molecule has 0 saturated carbocycles. The summed E-state index contributed by atoms with van der Waals surface area (Å²) >= 11 is 0.901. The van der Waals surface area contributed by atoms with Crippen molar-refractivity contribution in [1.82, 2.24) is 26.2 Å². The third kappa shape index (κ3) is 18.6. The molecule has 0 aromatic heterocycles. The van der Waals surface area contributed by atoms with Gasteiger partial charge >= 0.3 is 24.0 Å². The van der Waals surface area contributed by atoms with Gasteiger partial charge in [0.25, 0.3) is 0 Å². The molecule has 31 heteroatoms. The number of thioether (sulfide) groups is 1. The van der Waals surface area contributed by atoms with Crippen molar-refractivity contribution in [2.45, 2.75) is 153 Å². The monoisotopic (exact) mass is 1550 g/mol. The van der Waals surface area contributed by atoms with Crippen molar-refractivity contribution in [3.63, 3.8) is 0 Å². The second kappa shape index (κ2) is 36.4. The number of ketones is 2. The molecule has 6 N–H and O–H groups in total. The number of methoxy groups -OCH3 is 1. The average molecular weight is 1550 g/mol. The van der Waals surface area contributed by atoms with Gasteiger partial charge in [0.15, 0.2) is 23.5 Å². The number of fused-ring (bicyclic) bond motifs is 9. The van der Waals surface area contributed by atoms with Crippen LogP contribution >= 0.6 is 11.8 Å². The number of anilines is 1. The Morgan fingerprint density at radius 2 is 1.35 bits per heavy atom. The first kappa shape index (κ1) is 82.0. The minimum Gasteiger partial charge on any atom is -0.456 e. The van der Waals surface area contributed by atoms with Crippen molar-refractivity contribution in [3.05, 3.63) is 137 Å². The van der Waals surface area contributed by atoms with Gasteiger partial charge in [-0.2, -0.15) is 0 Å². The van der Waals surface area contributed by atoms with Gasteiger partial charge in [0, 0.05) is 112 Å². The van der Waals surface area contributed by atoms with E-state index in [0.717, 1.165) is 38.9 Å². The van der Waals surface area contributed by atoms with E-state index in [1.54, 1.807) is 52.8 Å². The number of likely N-dealkylation sites (tertiary alicyclic amines) is 1. The smallest absolute Gasteiger partial charge is 0.407 e. The summed E-state index contributed by atoms with van der Waals surface area (Å²) in [6.07, 6.45) is -4.38. The summed E-state index contributed by atoms with van der Waals surface area (Å²) < 4.78 is 56.5. The second-order valence-corrected chi connectivity index (χ2v) is 29.8. The fraction of sp³-hybridized carbons (Fsp3) is 0.475. The molecule has 6 aliphatic rings. The number of benzene rings is 5. The molecule has 1 aliphatic carbocycles. The van der Waals surface area contributed by atoms with E-state index in [1.165, 1.54) is 62.3 Å². The number of esters is 3. The van der Waals surface area contributed by atoms with Gasteiger partial charge in [0.1, 0.15) is 54.4 Å². The number of alkyl carbamates (subject to hydrolysis) is 1. The summed E-state index contributed by atoms with van der Waals surface area (Å²) in [6, 6.07) is 24.3. The number of nitrogens with zero attached hydrogens (tertiary/aromatic N) is 2. The molecule has 3 saturated heterocycles. The van der Waals surface area contributed by atoms with Crippen molar-refractivity contribution >= 4 is 88.5 Å². The summed E-state index contributed by atoms with van der Waals surface area (Å²) in [5.41, 5.74) is 3.10. The molecule has 7 amide bonds. The summed E-state index contributed by atoms with van der Waals surface area (Å²) in [6.45, 7) is 11.5. The Hall–Kier alpha value is -9.99. The molecule has 30 nitrogen and oxygen atoms in total. The SMILES string of the molecule is CO[C@@H]1OC(COCC(=O)NCCOCCOCCCC(=O)C(C)NC(=O)C(C)CC(=O)C2CCCN2C(=O)C(NC(=O)C(CSC2CC(=O)N(c3ccc4c(c3)C(=O)OC43c4ccc(OC(C)=O)cc4Oc4cc(OC(C)=O)ccc43)C2=O)NC(=O)OCC2c3ccccc3-c3ccccc32)C(C)C)[C@@H](C)[C@H](O)C1O. The second-order valence-electron chi connectivity index (χ2n) is 28.5. The van der Waals surface area contributed by atoms with Crippen molar-refractivity contribution in [2.24, 2.45) is 17.8 Å². The highest BCUT2D eigenvalue weighted by Gasteiger charge is 2.55. The molecule has 5 aromatic carbocycles. The van der Waals surface area contributed by atoms with Crippen LogP contribution in [-0.4, -0.2) is 212 Å². The number of imide groups is 1. The van der Waals surface area contributed by atoms with E-state index < -0.39 is 137 Å². The third-order valence-corrected chi connectivity index (χ3v) is 21.7. The minimum atomic E-state index is -1.70. The number of carbonyl (C=O) groups excluding carboxylic acids is 12. The molecule has 111 heavy (non-hydrogen) atoms. The van der Waals surface area contributed by atoms with Gasteiger partial charge in [-0.05, 0) is 90.8 Å². The van der Waals surface area contributed by atoms with Crippen LogP contribution in [0.25, 0.3) is 11.1 Å². The molecule has 11 atom stereocenters. The summed E-state index contributed by atoms with van der Waals surface area (Å²) in [7, 11) is 1.35. The lowest BCUT2D eigenvalue weighted by molar-refractivity contribution is -0.282. The number of aliphatic hydroxyl groups is 2. The van der Waals surface area contributed by atoms with Gasteiger partial charge in [-0.3, -0.25) is 47.9 Å². The fourth-order valence-corrected chi connectivity index (χ4v) is 15.8. The lowest BCUT2D eigenvalue weighted by Gasteiger charge is -2.40. The molecule has 592 valence electrons. The zero-order valence-electron chi connectivity index (χ0n) is 62.8. The molecule has 1 spiro atoms. The average Bonchev–Trinajstić information content (AvgIpc) is 1.56. The molecular formula is C80H92N6O24S. The topological polar surface area (TPSA) is 392 Å². The predicted molar refractivity (Wildman–Crippen MR) is 397 cm³/mol. The van der Waals surface area contributed by atoms with Crippen LogP contribution in [0, 0.1) is 17.8 Å². The molecular weight excluding hydrogens is 1460 g/mol. The van der Waals surface area contributed by atoms with Gasteiger partial charge in [-0.1, -0.05) is 82.3 Å². The molecule has 0 bridgehead atoms. The van der Waals surface area contributed by atoms with Crippen LogP contribution in [0.5, 0.6) is 23.0 Å². The highest BCUT2D eigenvalue weighted by Crippen LogP contribution is 2.58. The number of ether oxygens (including phenoxy) is 10. The van der Waals surface area contributed by atoms with Crippen molar-refractivity contribution in [3.8, 4) is 34.1 Å². The van der Waals surface area contributed by atoms with Crippen LogP contribution in [0.3, 0.4) is 0 Å². The highest BCUT2D eigenvalue weighted by molar-refractivity contribution is 8.00. The maximum atomic E-state index is 14.9. The first-order valence-corrected chi connectivity index (χ1v) is 38.0. The first-order valence-electron chi connectivity index (χ1n) is 37.0. The number of rotatable bonds is 34. The van der Waals surface area contributed by atoms with Crippen molar-refractivity contribution in [1.29, 1.82) is 0 Å². The van der Waals surface area contributed by atoms with Gasteiger partial charge in [-0.25, -0.2) is 14.5 Å². The summed E-state index contributed by atoms with van der Waals surface area (Å²) in [4.78, 5) is 166. The van der Waals surface area contributed by atoms with E-state index in [9.17, 15) is 67.7 Å². The highest BCUT2D eigenvalue weighted by atomic mass is 32.2. The Balaban J connectivity index is 0.685. The lowest BCUT2D eigenvalue weighted by atomic mass is 9.77. The Morgan fingerprint density at radius 1 is 0.712 bits per heavy atom. The number of aliphatic hydroxyl groups excluding tert-OH is 2. The number of hydrogen-bond donors (Lipinski definition) is 6. The Labute approximate surface area is 644 Å². The summed E-state index contributed by atoms with van der Waals surface area (Å²) in [5.74, 6) is -8.53. The Bertz CT molecular complexity index is 4270. The van der Waals surface area contributed by atoms with E-state index in [2.05, 4.69) is 21.3 Å². The quantitative estimate of drug-likeness (QED) is 0.0122. The molecule has 5 aromatic rings. The zero-order valence-corrected chi connectivity index (χ0v) is 63.6. The van der Waals surface area contributed by atoms with E-state index in [-0.39, 0.29) is 143 Å². The van der Waals surface area contributed by atoms with Crippen LogP contribution < -0.4 is 40.4 Å². The van der Waals surface area contributed by atoms with Crippen LogP contribution in [0.1, 0.15) is 131 Å². The minimum absolute atomic E-state index is 0.000947. The lowest BCUT2D eigenvalue weighted by Crippen LogP contribution is -2.58. The van der Waals surface area contributed by atoms with E-state index in [0.29, 0.717) is 29.5 Å². The number of carbonyl (C=O) groups is 12. The molecule has 5 heterocycles. The largest absolute Gasteiger partial charge is 0.456 e. The van der Waals surface area contributed by atoms with Crippen LogP contribution in [0.2, 0.25) is 0 Å². The maximum absolute atomic E-state index is 14.9. The van der Waals surface area contributed by atoms with Crippen molar-refractivity contribution in [2.75, 3.05) is 77.1 Å². The van der Waals surface area contributed by atoms with E-state index >= 15 is 0 Å². The van der Waals surface area contributed by atoms with Gasteiger partial charge in [0.2, 0.25) is 35.4 Å². The van der Waals surface area contributed by atoms with Crippen LogP contribution in [0.15, 0.2) is 103 Å². The molecule has 3 fully saturated rings. The normalized spacial score (nSPS) is 21.0. The van der Waals surface area contributed by atoms with Gasteiger partial charge in [0.05, 0.1) is 67.2 Å². The van der Waals surface area contributed by atoms with Gasteiger partial charge in [-0.15, -0.1) is 11.8 Å². The Morgan fingerprint density at radius 3 is 1.99 bits per heavy atom. The number of amides is 7. The summed E-state index contributed by atoms with van der Waals surface area (Å²) in [5, 5.41) is 30.1. The number of nitrogens with one attached hydrogen (secondary N) is 4. The van der Waals surface area contributed by atoms with Crippen LogP contribution in [0.4, 0.5) is 10.5 Å². The van der Waals surface area contributed by atoms with E-state index in [4.69, 9.17) is 47.4 Å². The number of Topliss-reactive ketones (excluding diaryl/α,β-unsaturated/α-hetero) is 2. The van der Waals surface area contributed by atoms with Crippen molar-refractivity contribution < 1.29 is 115 Å². The molecule has 11 rings (SSSR count). The van der Waals surface area contributed by atoms with E-state index in [1.807, 2.05) is 48.5 Å². The first-order chi connectivity index (χ1) is 53.2. The third-order valence-electron chi connectivity index (χ3n) is 20.4. The van der Waals surface area contributed by atoms with Gasteiger partial charge < -0.3 is 83.7 Å². The zero-order chi connectivity index (χ0) is 79.5. The Kier molecular flexibility index (Phi) is 26.9. The maximum Gasteiger partial charge on any atom is 0.407 e. The van der Waals surface area contributed by atoms with Crippen LogP contribution in [-0.2, 0) is 86.7 Å².